The number of hydrogen-bond donors (Lipinski definition) is 1. The fourth-order valence-electron chi connectivity index (χ4n) is 3.49. The molecule has 2 aromatic carbocycles. The standard InChI is InChI=1S/C25H33BrFN3O4S/c1-5-18(2)28-25(32)19(3)29(17-20-8-6-9-21(26)16-20)24(31)10-7-15-30(35(4,33)34)23-13-11-22(27)12-14-23/h6,8-9,11-14,16,18-19H,5,7,10,15,17H2,1-4H3,(H,28,32)/t18-,19+/m0/s1. The van der Waals surface area contributed by atoms with E-state index < -0.39 is 21.9 Å². The summed E-state index contributed by atoms with van der Waals surface area (Å²) in [4.78, 5) is 27.6. The topological polar surface area (TPSA) is 86.8 Å². The Bertz CT molecular complexity index is 1110. The Hall–Kier alpha value is -2.46. The summed E-state index contributed by atoms with van der Waals surface area (Å²) in [5.74, 6) is -0.971. The summed E-state index contributed by atoms with van der Waals surface area (Å²) in [6.45, 7) is 5.85. The van der Waals surface area contributed by atoms with Crippen LogP contribution in [0.4, 0.5) is 10.1 Å². The lowest BCUT2D eigenvalue weighted by molar-refractivity contribution is -0.140. The molecule has 0 radical (unpaired) electrons. The van der Waals surface area contributed by atoms with Gasteiger partial charge in [-0.2, -0.15) is 0 Å². The van der Waals surface area contributed by atoms with Crippen LogP contribution in [0.2, 0.25) is 0 Å². The van der Waals surface area contributed by atoms with Crippen molar-refractivity contribution in [1.82, 2.24) is 10.2 Å². The number of nitrogens with one attached hydrogen (secondary N) is 1. The molecule has 192 valence electrons. The Labute approximate surface area is 215 Å². The number of rotatable bonds is 12. The van der Waals surface area contributed by atoms with Crippen LogP contribution < -0.4 is 9.62 Å². The summed E-state index contributed by atoms with van der Waals surface area (Å²) in [6.07, 6.45) is 2.11. The Morgan fingerprint density at radius 2 is 1.77 bits per heavy atom. The Morgan fingerprint density at radius 3 is 2.34 bits per heavy atom. The average Bonchev–Trinajstić information content (AvgIpc) is 2.79. The van der Waals surface area contributed by atoms with E-state index in [4.69, 9.17) is 0 Å². The highest BCUT2D eigenvalue weighted by molar-refractivity contribution is 9.10. The van der Waals surface area contributed by atoms with Crippen LogP contribution in [-0.4, -0.2) is 50.0 Å². The van der Waals surface area contributed by atoms with E-state index in [1.54, 1.807) is 6.92 Å². The second-order valence-electron chi connectivity index (χ2n) is 8.56. The first kappa shape index (κ1) is 28.8. The van der Waals surface area contributed by atoms with Gasteiger partial charge in [-0.3, -0.25) is 13.9 Å². The Kier molecular flexibility index (Phi) is 10.7. The lowest BCUT2D eigenvalue weighted by Gasteiger charge is -2.30. The summed E-state index contributed by atoms with van der Waals surface area (Å²) in [5.41, 5.74) is 1.19. The summed E-state index contributed by atoms with van der Waals surface area (Å²) in [6, 6.07) is 11.9. The zero-order valence-corrected chi connectivity index (χ0v) is 22.9. The van der Waals surface area contributed by atoms with E-state index in [1.807, 2.05) is 38.1 Å². The highest BCUT2D eigenvalue weighted by Gasteiger charge is 2.27. The third kappa shape index (κ3) is 8.92. The number of anilines is 1. The van der Waals surface area contributed by atoms with Crippen LogP contribution in [0, 0.1) is 5.82 Å². The quantitative estimate of drug-likeness (QED) is 0.408. The molecule has 2 aromatic rings. The molecule has 35 heavy (non-hydrogen) atoms. The molecule has 0 aliphatic heterocycles. The number of sulfonamides is 1. The van der Waals surface area contributed by atoms with Gasteiger partial charge in [-0.15, -0.1) is 0 Å². The van der Waals surface area contributed by atoms with Crippen LogP contribution in [0.3, 0.4) is 0 Å². The predicted molar refractivity (Wildman–Crippen MR) is 140 cm³/mol. The maximum atomic E-state index is 13.3. The maximum Gasteiger partial charge on any atom is 0.242 e. The van der Waals surface area contributed by atoms with E-state index in [0.717, 1.165) is 27.0 Å². The summed E-state index contributed by atoms with van der Waals surface area (Å²) >= 11 is 3.43. The number of benzene rings is 2. The molecule has 0 fully saturated rings. The van der Waals surface area contributed by atoms with Crippen molar-refractivity contribution >= 4 is 43.5 Å². The van der Waals surface area contributed by atoms with E-state index in [0.29, 0.717) is 5.69 Å². The second kappa shape index (κ2) is 13.0. The van der Waals surface area contributed by atoms with Gasteiger partial charge in [-0.25, -0.2) is 12.8 Å². The van der Waals surface area contributed by atoms with Crippen LogP contribution >= 0.6 is 15.9 Å². The number of nitrogens with zero attached hydrogens (tertiary/aromatic N) is 2. The number of carbonyl (C=O) groups is 2. The first-order valence-electron chi connectivity index (χ1n) is 11.5. The second-order valence-corrected chi connectivity index (χ2v) is 11.4. The third-order valence-electron chi connectivity index (χ3n) is 5.68. The molecule has 0 heterocycles. The Morgan fingerprint density at radius 1 is 1.11 bits per heavy atom. The van der Waals surface area contributed by atoms with Gasteiger partial charge in [0, 0.05) is 30.0 Å². The summed E-state index contributed by atoms with van der Waals surface area (Å²) < 4.78 is 39.9. The molecule has 0 saturated carbocycles. The minimum absolute atomic E-state index is 0.0215. The molecule has 0 unspecified atom stereocenters. The maximum absolute atomic E-state index is 13.3. The Balaban J connectivity index is 2.16. The van der Waals surface area contributed by atoms with E-state index >= 15 is 0 Å². The van der Waals surface area contributed by atoms with Crippen LogP contribution in [0.1, 0.15) is 45.6 Å². The molecule has 10 heteroatoms. The largest absolute Gasteiger partial charge is 0.352 e. The molecule has 0 bridgehead atoms. The first-order chi connectivity index (χ1) is 16.4. The number of halogens is 2. The van der Waals surface area contributed by atoms with E-state index in [-0.39, 0.29) is 43.8 Å². The monoisotopic (exact) mass is 569 g/mol. The highest BCUT2D eigenvalue weighted by Crippen LogP contribution is 2.20. The molecule has 0 saturated heterocycles. The smallest absolute Gasteiger partial charge is 0.242 e. The molecule has 1 N–H and O–H groups in total. The molecule has 0 spiro atoms. The van der Waals surface area contributed by atoms with Gasteiger partial charge >= 0.3 is 0 Å². The minimum Gasteiger partial charge on any atom is -0.352 e. The van der Waals surface area contributed by atoms with Crippen molar-refractivity contribution in [3.05, 3.63) is 64.4 Å². The highest BCUT2D eigenvalue weighted by atomic mass is 79.9. The molecule has 0 aliphatic carbocycles. The van der Waals surface area contributed by atoms with Gasteiger partial charge in [0.2, 0.25) is 21.8 Å². The van der Waals surface area contributed by atoms with Gasteiger partial charge in [0.1, 0.15) is 11.9 Å². The summed E-state index contributed by atoms with van der Waals surface area (Å²) in [5, 5.41) is 2.92. The SMILES string of the molecule is CC[C@H](C)NC(=O)[C@@H](C)N(Cc1cccc(Br)c1)C(=O)CCCN(c1ccc(F)cc1)S(C)(=O)=O. The van der Waals surface area contributed by atoms with Crippen molar-refractivity contribution in [3.8, 4) is 0 Å². The van der Waals surface area contributed by atoms with Crippen molar-refractivity contribution in [2.24, 2.45) is 0 Å². The molecule has 0 aromatic heterocycles. The molecule has 2 rings (SSSR count). The van der Waals surface area contributed by atoms with Crippen molar-refractivity contribution in [3.63, 3.8) is 0 Å². The molecule has 7 nitrogen and oxygen atoms in total. The van der Waals surface area contributed by atoms with Gasteiger partial charge in [-0.1, -0.05) is 35.0 Å². The number of amides is 2. The number of hydrogen-bond acceptors (Lipinski definition) is 4. The van der Waals surface area contributed by atoms with Crippen molar-refractivity contribution in [2.45, 2.75) is 58.7 Å². The number of carbonyl (C=O) groups excluding carboxylic acids is 2. The van der Waals surface area contributed by atoms with Crippen LogP contribution in [0.5, 0.6) is 0 Å². The van der Waals surface area contributed by atoms with Gasteiger partial charge < -0.3 is 10.2 Å². The normalized spacial score (nSPS) is 13.1. The van der Waals surface area contributed by atoms with Crippen molar-refractivity contribution < 1.29 is 22.4 Å². The predicted octanol–water partition coefficient (Wildman–Crippen LogP) is 4.47. The van der Waals surface area contributed by atoms with Gasteiger partial charge in [0.25, 0.3) is 0 Å². The molecule has 2 amide bonds. The lowest BCUT2D eigenvalue weighted by atomic mass is 10.1. The molecule has 0 aliphatic rings. The molecular formula is C25H33BrFN3O4S. The van der Waals surface area contributed by atoms with Crippen LogP contribution in [-0.2, 0) is 26.2 Å². The average molecular weight is 571 g/mol. The lowest BCUT2D eigenvalue weighted by Crippen LogP contribution is -2.49. The van der Waals surface area contributed by atoms with Crippen molar-refractivity contribution in [2.75, 3.05) is 17.1 Å². The van der Waals surface area contributed by atoms with E-state index in [9.17, 15) is 22.4 Å². The van der Waals surface area contributed by atoms with Crippen molar-refractivity contribution in [1.29, 1.82) is 0 Å². The fraction of sp³-hybridized carbons (Fsp3) is 0.440. The van der Waals surface area contributed by atoms with Gasteiger partial charge in [0.15, 0.2) is 0 Å². The van der Waals surface area contributed by atoms with Crippen LogP contribution in [0.25, 0.3) is 0 Å². The zero-order chi connectivity index (χ0) is 26.2. The van der Waals surface area contributed by atoms with Crippen LogP contribution in [0.15, 0.2) is 53.0 Å². The summed E-state index contributed by atoms with van der Waals surface area (Å²) in [7, 11) is -3.63. The fourth-order valence-corrected chi connectivity index (χ4v) is 4.90. The third-order valence-corrected chi connectivity index (χ3v) is 7.36. The minimum atomic E-state index is -3.63. The van der Waals surface area contributed by atoms with E-state index in [2.05, 4.69) is 21.2 Å². The molecule has 2 atom stereocenters. The zero-order valence-electron chi connectivity index (χ0n) is 20.5. The van der Waals surface area contributed by atoms with E-state index in [1.165, 1.54) is 29.2 Å². The first-order valence-corrected chi connectivity index (χ1v) is 14.1. The van der Waals surface area contributed by atoms with Gasteiger partial charge in [-0.05, 0) is 68.7 Å². The molecular weight excluding hydrogens is 537 g/mol. The van der Waals surface area contributed by atoms with Gasteiger partial charge in [0.05, 0.1) is 11.9 Å².